The van der Waals surface area contributed by atoms with E-state index in [1.54, 1.807) is 0 Å². The zero-order chi connectivity index (χ0) is 12.0. The van der Waals surface area contributed by atoms with Crippen LogP contribution in [0.25, 0.3) is 0 Å². The lowest BCUT2D eigenvalue weighted by molar-refractivity contribution is -0.136. The van der Waals surface area contributed by atoms with E-state index in [1.165, 1.54) is 0 Å². The maximum Gasteiger partial charge on any atom is 0.572 e. The Morgan fingerprint density at radius 3 is 1.47 bits per heavy atom. The van der Waals surface area contributed by atoms with Crippen LogP contribution < -0.4 is 0 Å². The summed E-state index contributed by atoms with van der Waals surface area (Å²) in [4.78, 5) is 0. The van der Waals surface area contributed by atoms with Crippen LogP contribution in [-0.2, 0) is 18.6 Å². The number of ether oxygens (including phenoxy) is 2. The summed E-state index contributed by atoms with van der Waals surface area (Å²) in [6.07, 6.45) is -0.172. The molecule has 15 heavy (non-hydrogen) atoms. The van der Waals surface area contributed by atoms with Crippen LogP contribution in [0.15, 0.2) is 0 Å². The monoisotopic (exact) mass is 237 g/mol. The summed E-state index contributed by atoms with van der Waals surface area (Å²) >= 11 is 0. The maximum atomic E-state index is 11.7. The first-order chi connectivity index (χ1) is 6.82. The third-order valence-electron chi connectivity index (χ3n) is 1.26. The zero-order valence-corrected chi connectivity index (χ0v) is 11.3. The molecule has 0 fully saturated rings. The third-order valence-corrected chi connectivity index (χ3v) is 2.48. The fourth-order valence-electron chi connectivity index (χ4n) is 0.855. The molecule has 1 unspecified atom stereocenters. The fraction of sp³-hybridized carbons (Fsp3) is 1.00. The largest absolute Gasteiger partial charge is 0.572 e. The molecule has 1 atom stereocenters. The van der Waals surface area contributed by atoms with E-state index in [2.05, 4.69) is 0 Å². The van der Waals surface area contributed by atoms with Gasteiger partial charge >= 0.3 is 14.1 Å². The van der Waals surface area contributed by atoms with Crippen molar-refractivity contribution in [3.63, 3.8) is 0 Å². The Morgan fingerprint density at radius 2 is 1.20 bits per heavy atom. The van der Waals surface area contributed by atoms with Crippen LogP contribution in [0.1, 0.15) is 41.5 Å². The molecule has 0 rings (SSSR count). The van der Waals surface area contributed by atoms with Crippen molar-refractivity contribution in [1.29, 1.82) is 0 Å². The van der Waals surface area contributed by atoms with Crippen molar-refractivity contribution < 1.29 is 18.6 Å². The van der Waals surface area contributed by atoms with Gasteiger partial charge in [-0.2, -0.15) is 0 Å². The summed E-state index contributed by atoms with van der Waals surface area (Å²) in [6.45, 7) is 11.1. The highest BCUT2D eigenvalue weighted by molar-refractivity contribution is 7.39. The van der Waals surface area contributed by atoms with Crippen molar-refractivity contribution >= 4 is 8.03 Å². The summed E-state index contributed by atoms with van der Waals surface area (Å²) in [5.74, 6) is 0. The summed E-state index contributed by atoms with van der Waals surface area (Å²) in [5.41, 5.74) is 0. The highest BCUT2D eigenvalue weighted by atomic mass is 31.1. The first kappa shape index (κ1) is 15.0. The lowest BCUT2D eigenvalue weighted by Gasteiger charge is -2.14. The van der Waals surface area contributed by atoms with E-state index in [4.69, 9.17) is 14.0 Å². The van der Waals surface area contributed by atoms with E-state index in [0.29, 0.717) is 0 Å². The van der Waals surface area contributed by atoms with Gasteiger partial charge in [-0.05, 0) is 46.1 Å². The zero-order valence-electron chi connectivity index (χ0n) is 10.4. The number of hydrogen-bond donors (Lipinski definition) is 0. The molecule has 5 heteroatoms. The predicted octanol–water partition coefficient (Wildman–Crippen LogP) is 3.29. The second kappa shape index (κ2) is 7.29. The van der Waals surface area contributed by atoms with Gasteiger partial charge in [0.15, 0.2) is 0 Å². The van der Waals surface area contributed by atoms with E-state index in [1.807, 2.05) is 41.5 Å². The summed E-state index contributed by atoms with van der Waals surface area (Å²) in [6, 6.07) is -0.776. The van der Waals surface area contributed by atoms with Gasteiger partial charge in [-0.1, -0.05) is 0 Å². The number of rotatable bonds is 7. The van der Waals surface area contributed by atoms with Crippen molar-refractivity contribution in [3.05, 3.63) is 0 Å². The first-order valence-corrected chi connectivity index (χ1v) is 6.51. The molecule has 0 aromatic carbocycles. The van der Waals surface area contributed by atoms with E-state index in [0.717, 1.165) is 0 Å². The van der Waals surface area contributed by atoms with Gasteiger partial charge in [0.25, 0.3) is 0 Å². The predicted molar refractivity (Wildman–Crippen MR) is 60.1 cm³/mol. The molecule has 0 aromatic heterocycles. The summed E-state index contributed by atoms with van der Waals surface area (Å²) in [7, 11) is -1.94. The molecule has 0 radical (unpaired) electrons. The quantitative estimate of drug-likeness (QED) is 0.503. The summed E-state index contributed by atoms with van der Waals surface area (Å²) in [5, 5.41) is 0. The second-order valence-electron chi connectivity index (χ2n) is 4.12. The van der Waals surface area contributed by atoms with Crippen molar-refractivity contribution in [2.45, 2.75) is 65.9 Å². The molecular formula is C10H22O4P+. The molecule has 0 heterocycles. The van der Waals surface area contributed by atoms with Gasteiger partial charge in [-0.25, -0.2) is 0 Å². The van der Waals surface area contributed by atoms with Crippen molar-refractivity contribution in [2.75, 3.05) is 0 Å². The Bertz CT molecular complexity index is 182. The second-order valence-corrected chi connectivity index (χ2v) is 5.32. The van der Waals surface area contributed by atoms with Gasteiger partial charge in [-0.15, -0.1) is 4.52 Å². The molecule has 0 bridgehead atoms. The average molecular weight is 237 g/mol. The lowest BCUT2D eigenvalue weighted by Crippen LogP contribution is -2.22. The molecule has 0 saturated carbocycles. The Kier molecular flexibility index (Phi) is 7.28. The average Bonchev–Trinajstić information content (AvgIpc) is 1.99. The molecule has 0 aliphatic heterocycles. The molecule has 0 aromatic rings. The molecule has 0 aliphatic rings. The SMILES string of the molecule is CC(C)OC(OC(C)C)[P+](=O)OC(C)C. The molecule has 0 amide bonds. The van der Waals surface area contributed by atoms with Crippen LogP contribution in [0.5, 0.6) is 0 Å². The highest BCUT2D eigenvalue weighted by Gasteiger charge is 2.37. The van der Waals surface area contributed by atoms with Crippen LogP contribution >= 0.6 is 8.03 Å². The van der Waals surface area contributed by atoms with Gasteiger partial charge in [0.1, 0.15) is 6.10 Å². The standard InChI is InChI=1S/C10H22O4P/c1-7(2)12-10(13-8(3)4)15(11)14-9(5)6/h7-10H,1-6H3/q+1. The normalized spacial score (nSPS) is 13.3. The molecule has 0 spiro atoms. The first-order valence-electron chi connectivity index (χ1n) is 5.27. The molecule has 90 valence electrons. The van der Waals surface area contributed by atoms with Crippen LogP contribution in [0, 0.1) is 0 Å². The van der Waals surface area contributed by atoms with Crippen LogP contribution in [0.2, 0.25) is 0 Å². The Balaban J connectivity index is 4.27. The molecule has 0 N–H and O–H groups in total. The lowest BCUT2D eigenvalue weighted by atomic mass is 10.5. The Hall–Kier alpha value is -0.0200. The van der Waals surface area contributed by atoms with Gasteiger partial charge in [-0.3, -0.25) is 0 Å². The minimum atomic E-state index is -1.94. The smallest absolute Gasteiger partial charge is 0.308 e. The molecule has 0 aliphatic carbocycles. The topological polar surface area (TPSA) is 44.8 Å². The van der Waals surface area contributed by atoms with E-state index < -0.39 is 14.1 Å². The number of hydrogen-bond acceptors (Lipinski definition) is 4. The van der Waals surface area contributed by atoms with E-state index >= 15 is 0 Å². The van der Waals surface area contributed by atoms with Gasteiger partial charge < -0.3 is 9.47 Å². The molecule has 0 saturated heterocycles. The summed E-state index contributed by atoms with van der Waals surface area (Å²) < 4.78 is 27.7. The van der Waals surface area contributed by atoms with Gasteiger partial charge in [0.05, 0.1) is 12.2 Å². The maximum absolute atomic E-state index is 11.7. The van der Waals surface area contributed by atoms with E-state index in [-0.39, 0.29) is 18.3 Å². The Labute approximate surface area is 93.2 Å². The van der Waals surface area contributed by atoms with E-state index in [9.17, 15) is 4.57 Å². The third kappa shape index (κ3) is 7.86. The van der Waals surface area contributed by atoms with Crippen molar-refractivity contribution in [2.24, 2.45) is 0 Å². The minimum Gasteiger partial charge on any atom is -0.308 e. The molecular weight excluding hydrogens is 215 g/mol. The van der Waals surface area contributed by atoms with Gasteiger partial charge in [0.2, 0.25) is 0 Å². The molecule has 4 nitrogen and oxygen atoms in total. The van der Waals surface area contributed by atoms with Gasteiger partial charge in [0, 0.05) is 0 Å². The van der Waals surface area contributed by atoms with Crippen LogP contribution in [0.4, 0.5) is 0 Å². The van der Waals surface area contributed by atoms with Crippen molar-refractivity contribution in [3.8, 4) is 0 Å². The Morgan fingerprint density at radius 1 is 0.800 bits per heavy atom. The minimum absolute atomic E-state index is 0.0385. The highest BCUT2D eigenvalue weighted by Crippen LogP contribution is 2.34. The van der Waals surface area contributed by atoms with Crippen LogP contribution in [0.3, 0.4) is 0 Å². The van der Waals surface area contributed by atoms with Crippen LogP contribution in [-0.4, -0.2) is 24.3 Å². The van der Waals surface area contributed by atoms with Crippen molar-refractivity contribution in [1.82, 2.24) is 0 Å². The fourth-order valence-corrected chi connectivity index (χ4v) is 2.06.